The molecule has 1 aliphatic heterocycles. The van der Waals surface area contributed by atoms with Crippen LogP contribution < -0.4 is 0 Å². The summed E-state index contributed by atoms with van der Waals surface area (Å²) in [5.74, 6) is -0.662. The first kappa shape index (κ1) is 13.7. The van der Waals surface area contributed by atoms with Gasteiger partial charge in [0, 0.05) is 11.9 Å². The van der Waals surface area contributed by atoms with E-state index in [1.807, 2.05) is 17.5 Å². The van der Waals surface area contributed by atoms with Gasteiger partial charge in [0.05, 0.1) is 7.11 Å². The van der Waals surface area contributed by atoms with Crippen molar-refractivity contribution in [3.8, 4) is 0 Å². The van der Waals surface area contributed by atoms with Gasteiger partial charge in [-0.05, 0) is 29.7 Å². The zero-order valence-electron chi connectivity index (χ0n) is 10.5. The lowest BCUT2D eigenvalue weighted by atomic mass is 10.3. The summed E-state index contributed by atoms with van der Waals surface area (Å²) in [6.45, 7) is -0.0668. The van der Waals surface area contributed by atoms with Gasteiger partial charge in [-0.15, -0.1) is 11.3 Å². The Morgan fingerprint density at radius 3 is 2.89 bits per heavy atom. The third kappa shape index (κ3) is 2.66. The highest BCUT2D eigenvalue weighted by Gasteiger charge is 2.36. The zero-order chi connectivity index (χ0) is 14.0. The molecule has 1 aliphatic rings. The number of amides is 1. The number of esters is 1. The molecule has 0 radical (unpaired) electrons. The van der Waals surface area contributed by atoms with Gasteiger partial charge in [-0.3, -0.25) is 14.5 Å². The maximum atomic E-state index is 12.1. The van der Waals surface area contributed by atoms with E-state index < -0.39 is 5.97 Å². The van der Waals surface area contributed by atoms with Gasteiger partial charge in [0.1, 0.15) is 12.2 Å². The normalized spacial score (nSPS) is 17.5. The Labute approximate surface area is 120 Å². The summed E-state index contributed by atoms with van der Waals surface area (Å²) >= 11 is 6.67. The van der Waals surface area contributed by atoms with Crippen LogP contribution in [0, 0.1) is 0 Å². The van der Waals surface area contributed by atoms with E-state index in [0.717, 1.165) is 4.88 Å². The molecule has 1 saturated heterocycles. The lowest BCUT2D eigenvalue weighted by molar-refractivity contribution is -0.140. The molecular weight excluding hydrogens is 284 g/mol. The second-order valence-electron chi connectivity index (χ2n) is 3.85. The summed E-state index contributed by atoms with van der Waals surface area (Å²) in [4.78, 5) is 27.3. The van der Waals surface area contributed by atoms with E-state index in [-0.39, 0.29) is 12.5 Å². The van der Waals surface area contributed by atoms with Crippen molar-refractivity contribution in [3.05, 3.63) is 28.1 Å². The number of rotatable bonds is 3. The Hall–Kier alpha value is -1.73. The topological polar surface area (TPSA) is 49.9 Å². The number of thiophene rings is 1. The summed E-state index contributed by atoms with van der Waals surface area (Å²) in [6, 6.07) is 3.78. The second kappa shape index (κ2) is 5.50. The van der Waals surface area contributed by atoms with Crippen LogP contribution in [0.1, 0.15) is 4.88 Å². The van der Waals surface area contributed by atoms with Gasteiger partial charge in [0.25, 0.3) is 5.91 Å². The summed E-state index contributed by atoms with van der Waals surface area (Å²) in [6.07, 6.45) is 1.73. The van der Waals surface area contributed by atoms with Crippen LogP contribution in [0.15, 0.2) is 23.2 Å². The molecule has 0 spiro atoms. The van der Waals surface area contributed by atoms with E-state index >= 15 is 0 Å². The van der Waals surface area contributed by atoms with Gasteiger partial charge in [0.15, 0.2) is 5.11 Å². The molecule has 1 fully saturated rings. The smallest absolute Gasteiger partial charge is 0.325 e. The lowest BCUT2D eigenvalue weighted by Crippen LogP contribution is -2.33. The fraction of sp³-hybridized carbons (Fsp3) is 0.250. The zero-order valence-corrected chi connectivity index (χ0v) is 12.1. The van der Waals surface area contributed by atoms with E-state index in [9.17, 15) is 9.59 Å². The number of thiocarbonyl (C=S) groups is 1. The van der Waals surface area contributed by atoms with Crippen molar-refractivity contribution < 1.29 is 14.3 Å². The van der Waals surface area contributed by atoms with Crippen molar-refractivity contribution >= 4 is 46.6 Å². The first-order valence-electron chi connectivity index (χ1n) is 5.46. The average molecular weight is 296 g/mol. The number of carbonyl (C=O) groups excluding carboxylic acids is 2. The molecule has 19 heavy (non-hydrogen) atoms. The highest BCUT2D eigenvalue weighted by molar-refractivity contribution is 7.80. The SMILES string of the molecule is COC(=O)CN1C(=S)N(C)C(=O)C1=Cc1cccs1. The Bertz CT molecular complexity index is 551. The molecule has 2 rings (SSSR count). The average Bonchev–Trinajstić information content (AvgIpc) is 2.98. The van der Waals surface area contributed by atoms with E-state index in [1.165, 1.54) is 28.2 Å². The van der Waals surface area contributed by atoms with Crippen molar-refractivity contribution in [2.45, 2.75) is 0 Å². The molecule has 7 heteroatoms. The number of hydrogen-bond acceptors (Lipinski definition) is 5. The molecular formula is C12H12N2O3S2. The van der Waals surface area contributed by atoms with Crippen LogP contribution >= 0.6 is 23.6 Å². The number of likely N-dealkylation sites (N-methyl/N-ethyl adjacent to an activating group) is 1. The largest absolute Gasteiger partial charge is 0.468 e. The predicted molar refractivity (Wildman–Crippen MR) is 76.4 cm³/mol. The summed E-state index contributed by atoms with van der Waals surface area (Å²) in [5, 5.41) is 2.22. The molecule has 5 nitrogen and oxygen atoms in total. The number of carbonyl (C=O) groups is 2. The molecule has 0 aliphatic carbocycles. The summed E-state index contributed by atoms with van der Waals surface area (Å²) in [5.41, 5.74) is 0.389. The van der Waals surface area contributed by atoms with Crippen molar-refractivity contribution in [2.75, 3.05) is 20.7 Å². The third-order valence-corrected chi connectivity index (χ3v) is 3.98. The van der Waals surface area contributed by atoms with Gasteiger partial charge in [0.2, 0.25) is 0 Å². The highest BCUT2D eigenvalue weighted by Crippen LogP contribution is 2.24. The van der Waals surface area contributed by atoms with Crippen LogP contribution in [0.2, 0.25) is 0 Å². The van der Waals surface area contributed by atoms with Crippen LogP contribution in [-0.2, 0) is 14.3 Å². The monoisotopic (exact) mass is 296 g/mol. The molecule has 0 atom stereocenters. The highest BCUT2D eigenvalue weighted by atomic mass is 32.1. The van der Waals surface area contributed by atoms with Crippen molar-refractivity contribution in [1.82, 2.24) is 9.80 Å². The Balaban J connectivity index is 2.34. The standard InChI is InChI=1S/C12H12N2O3S2/c1-13-11(16)9(6-8-4-3-5-19-8)14(12(13)18)7-10(15)17-2/h3-6H,7H2,1-2H3. The molecule has 100 valence electrons. The van der Waals surface area contributed by atoms with Gasteiger partial charge in [-0.1, -0.05) is 6.07 Å². The minimum Gasteiger partial charge on any atom is -0.468 e. The van der Waals surface area contributed by atoms with E-state index in [0.29, 0.717) is 10.8 Å². The van der Waals surface area contributed by atoms with E-state index in [2.05, 4.69) is 4.74 Å². The number of hydrogen-bond donors (Lipinski definition) is 0. The molecule has 1 aromatic rings. The summed E-state index contributed by atoms with van der Waals surface area (Å²) < 4.78 is 4.62. The lowest BCUT2D eigenvalue weighted by Gasteiger charge is -2.16. The van der Waals surface area contributed by atoms with Crippen LogP contribution in [0.4, 0.5) is 0 Å². The number of ether oxygens (including phenoxy) is 1. The first-order valence-corrected chi connectivity index (χ1v) is 6.75. The molecule has 0 saturated carbocycles. The van der Waals surface area contributed by atoms with Crippen molar-refractivity contribution in [3.63, 3.8) is 0 Å². The van der Waals surface area contributed by atoms with Crippen molar-refractivity contribution in [1.29, 1.82) is 0 Å². The second-order valence-corrected chi connectivity index (χ2v) is 5.20. The minimum atomic E-state index is -0.442. The fourth-order valence-corrected chi connectivity index (χ4v) is 2.55. The van der Waals surface area contributed by atoms with Gasteiger partial charge < -0.3 is 9.64 Å². The number of methoxy groups -OCH3 is 1. The van der Waals surface area contributed by atoms with Gasteiger partial charge in [-0.2, -0.15) is 0 Å². The summed E-state index contributed by atoms with van der Waals surface area (Å²) in [7, 11) is 2.89. The van der Waals surface area contributed by atoms with E-state index in [4.69, 9.17) is 12.2 Å². The maximum absolute atomic E-state index is 12.1. The van der Waals surface area contributed by atoms with Crippen LogP contribution in [0.3, 0.4) is 0 Å². The molecule has 1 aromatic heterocycles. The minimum absolute atomic E-state index is 0.0668. The van der Waals surface area contributed by atoms with Crippen LogP contribution in [0.25, 0.3) is 6.08 Å². The third-order valence-electron chi connectivity index (χ3n) is 2.67. The van der Waals surface area contributed by atoms with Crippen LogP contribution in [-0.4, -0.2) is 47.5 Å². The molecule has 0 N–H and O–H groups in total. The fourth-order valence-electron chi connectivity index (χ4n) is 1.65. The Morgan fingerprint density at radius 1 is 1.58 bits per heavy atom. The predicted octanol–water partition coefficient (Wildman–Crippen LogP) is 1.32. The van der Waals surface area contributed by atoms with Crippen LogP contribution in [0.5, 0.6) is 0 Å². The quantitative estimate of drug-likeness (QED) is 0.478. The maximum Gasteiger partial charge on any atom is 0.325 e. The van der Waals surface area contributed by atoms with Gasteiger partial charge >= 0.3 is 5.97 Å². The first-order chi connectivity index (χ1) is 9.04. The van der Waals surface area contributed by atoms with Crippen molar-refractivity contribution in [2.24, 2.45) is 0 Å². The molecule has 2 heterocycles. The number of nitrogens with zero attached hydrogens (tertiary/aromatic N) is 2. The Kier molecular flexibility index (Phi) is 3.96. The molecule has 0 aromatic carbocycles. The van der Waals surface area contributed by atoms with E-state index in [1.54, 1.807) is 13.1 Å². The molecule has 0 bridgehead atoms. The van der Waals surface area contributed by atoms with Gasteiger partial charge in [-0.25, -0.2) is 0 Å². The Morgan fingerprint density at radius 2 is 2.32 bits per heavy atom. The molecule has 0 unspecified atom stereocenters. The molecule has 1 amide bonds.